The first kappa shape index (κ1) is 10.1. The Labute approximate surface area is 94.3 Å². The second kappa shape index (κ2) is 2.42. The number of nitrogens with zero attached hydrogens (tertiary/aromatic N) is 2. The molecule has 0 spiro atoms. The van der Waals surface area contributed by atoms with E-state index in [0.717, 1.165) is 10.7 Å². The van der Waals surface area contributed by atoms with Crippen LogP contribution in [-0.2, 0) is 0 Å². The smallest absolute Gasteiger partial charge is 0.337 e. The summed E-state index contributed by atoms with van der Waals surface area (Å²) in [4.78, 5) is 11.3. The SMILES string of the molecule is CC1=NN(C(N)=O)[C@]2(O)C[C@@H]3[C@@H]([C@H]12)C3(C)C. The van der Waals surface area contributed by atoms with Crippen molar-refractivity contribution in [2.24, 2.45) is 34.0 Å². The molecule has 2 saturated carbocycles. The second-order valence-corrected chi connectivity index (χ2v) is 5.91. The van der Waals surface area contributed by atoms with Gasteiger partial charge >= 0.3 is 6.03 Å². The van der Waals surface area contributed by atoms with Gasteiger partial charge < -0.3 is 10.8 Å². The van der Waals surface area contributed by atoms with E-state index in [-0.39, 0.29) is 11.3 Å². The number of amides is 2. The fourth-order valence-corrected chi connectivity index (χ4v) is 3.94. The number of hydrogen-bond donors (Lipinski definition) is 2. The van der Waals surface area contributed by atoms with Crippen molar-refractivity contribution in [1.29, 1.82) is 0 Å². The topological polar surface area (TPSA) is 78.9 Å². The fourth-order valence-electron chi connectivity index (χ4n) is 3.94. The first-order valence-electron chi connectivity index (χ1n) is 5.67. The van der Waals surface area contributed by atoms with Crippen LogP contribution in [0.25, 0.3) is 0 Å². The van der Waals surface area contributed by atoms with Crippen LogP contribution in [-0.4, -0.2) is 27.6 Å². The molecule has 0 bridgehead atoms. The predicted molar refractivity (Wildman–Crippen MR) is 58.3 cm³/mol. The maximum absolute atomic E-state index is 11.3. The van der Waals surface area contributed by atoms with E-state index in [4.69, 9.17) is 5.73 Å². The quantitative estimate of drug-likeness (QED) is 0.635. The van der Waals surface area contributed by atoms with Gasteiger partial charge in [-0.05, 0) is 24.2 Å². The Morgan fingerprint density at radius 2 is 2.25 bits per heavy atom. The monoisotopic (exact) mass is 223 g/mol. The zero-order valence-corrected chi connectivity index (χ0v) is 9.77. The molecule has 4 atom stereocenters. The second-order valence-electron chi connectivity index (χ2n) is 5.91. The van der Waals surface area contributed by atoms with Crippen LogP contribution in [0.3, 0.4) is 0 Å². The zero-order valence-electron chi connectivity index (χ0n) is 9.77. The van der Waals surface area contributed by atoms with Crippen LogP contribution in [0.15, 0.2) is 5.10 Å². The lowest BCUT2D eigenvalue weighted by molar-refractivity contribution is -0.0944. The Hall–Kier alpha value is -1.10. The van der Waals surface area contributed by atoms with Gasteiger partial charge in [0.1, 0.15) is 0 Å². The number of aliphatic hydroxyl groups is 1. The summed E-state index contributed by atoms with van der Waals surface area (Å²) in [6.07, 6.45) is 0.596. The lowest BCUT2D eigenvalue weighted by Crippen LogP contribution is -2.52. The number of carbonyl (C=O) groups excluding carboxylic acids is 1. The van der Waals surface area contributed by atoms with Gasteiger partial charge in [-0.15, -0.1) is 0 Å². The van der Waals surface area contributed by atoms with Gasteiger partial charge in [0.05, 0.1) is 5.92 Å². The van der Waals surface area contributed by atoms with Gasteiger partial charge in [-0.1, -0.05) is 13.8 Å². The molecule has 0 saturated heterocycles. The van der Waals surface area contributed by atoms with Crippen LogP contribution in [0.2, 0.25) is 0 Å². The van der Waals surface area contributed by atoms with Crippen molar-refractivity contribution in [3.05, 3.63) is 0 Å². The maximum atomic E-state index is 11.3. The average molecular weight is 223 g/mol. The summed E-state index contributed by atoms with van der Waals surface area (Å²) in [7, 11) is 0. The van der Waals surface area contributed by atoms with Crippen LogP contribution in [0.4, 0.5) is 4.79 Å². The Morgan fingerprint density at radius 1 is 1.62 bits per heavy atom. The van der Waals surface area contributed by atoms with Crippen molar-refractivity contribution in [3.8, 4) is 0 Å². The van der Waals surface area contributed by atoms with E-state index in [9.17, 15) is 9.90 Å². The van der Waals surface area contributed by atoms with Crippen molar-refractivity contribution in [1.82, 2.24) is 5.01 Å². The molecule has 2 amide bonds. The summed E-state index contributed by atoms with van der Waals surface area (Å²) in [5.74, 6) is 0.889. The maximum Gasteiger partial charge on any atom is 0.337 e. The number of hydrogen-bond acceptors (Lipinski definition) is 3. The zero-order chi connectivity index (χ0) is 11.9. The molecule has 3 N–H and O–H groups in total. The van der Waals surface area contributed by atoms with Gasteiger partial charge in [-0.2, -0.15) is 10.1 Å². The lowest BCUT2D eigenvalue weighted by atomic mass is 9.84. The molecule has 0 radical (unpaired) electrons. The van der Waals surface area contributed by atoms with Gasteiger partial charge in [-0.3, -0.25) is 0 Å². The summed E-state index contributed by atoms with van der Waals surface area (Å²) < 4.78 is 0. The van der Waals surface area contributed by atoms with Gasteiger partial charge in [0.25, 0.3) is 0 Å². The summed E-state index contributed by atoms with van der Waals surface area (Å²) in [5, 5.41) is 15.8. The minimum absolute atomic E-state index is 0.0278. The number of fused-ring (bicyclic) bond motifs is 3. The summed E-state index contributed by atoms with van der Waals surface area (Å²) in [6.45, 7) is 6.29. The fraction of sp³-hybridized carbons (Fsp3) is 0.818. The van der Waals surface area contributed by atoms with E-state index in [0.29, 0.717) is 18.3 Å². The average Bonchev–Trinajstić information content (AvgIpc) is 2.51. The van der Waals surface area contributed by atoms with Crippen LogP contribution >= 0.6 is 0 Å². The molecule has 2 fully saturated rings. The number of nitrogens with two attached hydrogens (primary N) is 1. The van der Waals surface area contributed by atoms with Gasteiger partial charge in [-0.25, -0.2) is 4.79 Å². The number of hydrazone groups is 1. The number of primary amides is 1. The van der Waals surface area contributed by atoms with E-state index in [1.165, 1.54) is 0 Å². The molecule has 16 heavy (non-hydrogen) atoms. The van der Waals surface area contributed by atoms with Crippen LogP contribution in [0, 0.1) is 23.2 Å². The molecular weight excluding hydrogens is 206 g/mol. The van der Waals surface area contributed by atoms with E-state index in [2.05, 4.69) is 18.9 Å². The molecule has 3 rings (SSSR count). The molecule has 0 unspecified atom stereocenters. The van der Waals surface area contributed by atoms with Gasteiger partial charge in [0.2, 0.25) is 0 Å². The van der Waals surface area contributed by atoms with Crippen molar-refractivity contribution in [3.63, 3.8) is 0 Å². The largest absolute Gasteiger partial charge is 0.368 e. The molecule has 3 aliphatic rings. The molecule has 0 aromatic heterocycles. The molecule has 0 aromatic rings. The minimum atomic E-state index is -1.15. The summed E-state index contributed by atoms with van der Waals surface area (Å²) in [5.41, 5.74) is 5.19. The van der Waals surface area contributed by atoms with Crippen molar-refractivity contribution < 1.29 is 9.90 Å². The Kier molecular flexibility index (Phi) is 1.53. The standard InChI is InChI=1S/C11H17N3O2/c1-5-7-8-6(10(8,2)3)4-11(7,16)14(13-5)9(12)15/h6-8,16H,4H2,1-3H3,(H2,12,15)/t6-,7+,8+,11+/m1/s1. The van der Waals surface area contributed by atoms with Crippen LogP contribution in [0.1, 0.15) is 27.2 Å². The van der Waals surface area contributed by atoms with Crippen LogP contribution in [0.5, 0.6) is 0 Å². The van der Waals surface area contributed by atoms with E-state index in [1.807, 2.05) is 6.92 Å². The molecule has 5 nitrogen and oxygen atoms in total. The molecule has 1 aliphatic heterocycles. The Morgan fingerprint density at radius 3 is 2.81 bits per heavy atom. The lowest BCUT2D eigenvalue weighted by Gasteiger charge is -2.34. The molecule has 1 heterocycles. The highest BCUT2D eigenvalue weighted by molar-refractivity contribution is 5.91. The van der Waals surface area contributed by atoms with E-state index in [1.54, 1.807) is 0 Å². The van der Waals surface area contributed by atoms with Gasteiger partial charge in [0, 0.05) is 12.1 Å². The molecule has 88 valence electrons. The third-order valence-corrected chi connectivity index (χ3v) is 4.80. The Balaban J connectivity index is 1.99. The molecule has 5 heteroatoms. The third kappa shape index (κ3) is 0.867. The summed E-state index contributed by atoms with van der Waals surface area (Å²) in [6, 6.07) is -0.663. The van der Waals surface area contributed by atoms with Crippen molar-refractivity contribution in [2.45, 2.75) is 32.9 Å². The van der Waals surface area contributed by atoms with E-state index < -0.39 is 11.8 Å². The van der Waals surface area contributed by atoms with E-state index >= 15 is 0 Å². The number of urea groups is 1. The molecular formula is C11H17N3O2. The minimum Gasteiger partial charge on any atom is -0.368 e. The van der Waals surface area contributed by atoms with Crippen molar-refractivity contribution >= 4 is 11.7 Å². The molecule has 0 aromatic carbocycles. The van der Waals surface area contributed by atoms with Crippen molar-refractivity contribution in [2.75, 3.05) is 0 Å². The third-order valence-electron chi connectivity index (χ3n) is 4.80. The first-order valence-corrected chi connectivity index (χ1v) is 5.67. The highest BCUT2D eigenvalue weighted by Crippen LogP contribution is 2.73. The first-order chi connectivity index (χ1) is 7.30. The Bertz CT molecular complexity index is 417. The normalized spacial score (nSPS) is 47.4. The summed E-state index contributed by atoms with van der Waals surface area (Å²) >= 11 is 0. The highest BCUT2D eigenvalue weighted by Gasteiger charge is 2.75. The van der Waals surface area contributed by atoms with Gasteiger partial charge in [0.15, 0.2) is 5.72 Å². The number of rotatable bonds is 0. The molecule has 2 aliphatic carbocycles. The highest BCUT2D eigenvalue weighted by atomic mass is 16.3. The van der Waals surface area contributed by atoms with Crippen LogP contribution < -0.4 is 5.73 Å². The number of carbonyl (C=O) groups is 1. The predicted octanol–water partition coefficient (Wildman–Crippen LogP) is 0.737.